The summed E-state index contributed by atoms with van der Waals surface area (Å²) in [4.78, 5) is 27.9. The summed E-state index contributed by atoms with van der Waals surface area (Å²) >= 11 is 0. The van der Waals surface area contributed by atoms with Crippen molar-refractivity contribution in [1.82, 2.24) is 25.3 Å². The van der Waals surface area contributed by atoms with Crippen molar-refractivity contribution < 1.29 is 9.18 Å². The van der Waals surface area contributed by atoms with E-state index in [0.29, 0.717) is 34.8 Å². The minimum atomic E-state index is -0.588. The number of carbonyl (C=O) groups excluding carboxylic acids is 1. The molecule has 0 atom stereocenters. The minimum Gasteiger partial charge on any atom is -0.356 e. The van der Waals surface area contributed by atoms with Crippen molar-refractivity contribution in [1.29, 1.82) is 0 Å². The lowest BCUT2D eigenvalue weighted by atomic mass is 10.2. The number of aromatic amines is 1. The topological polar surface area (TPSA) is 95.6 Å². The van der Waals surface area contributed by atoms with E-state index < -0.39 is 11.4 Å². The molecule has 4 rings (SSSR count). The van der Waals surface area contributed by atoms with Crippen LogP contribution in [-0.4, -0.2) is 37.9 Å². The van der Waals surface area contributed by atoms with Crippen LogP contribution in [0.1, 0.15) is 19.8 Å². The van der Waals surface area contributed by atoms with Gasteiger partial charge in [0, 0.05) is 29.9 Å². The summed E-state index contributed by atoms with van der Waals surface area (Å²) in [5.41, 5.74) is 0.642. The second kappa shape index (κ2) is 5.80. The van der Waals surface area contributed by atoms with Crippen LogP contribution >= 0.6 is 0 Å². The monoisotopic (exact) mass is 340 g/mol. The average molecular weight is 340 g/mol. The lowest BCUT2D eigenvalue weighted by Crippen LogP contribution is -2.41. The number of nitrogens with one attached hydrogen (secondary N) is 3. The number of aromatic nitrogens is 4. The fraction of sp³-hybridized carbons (Fsp3) is 0.294. The molecule has 25 heavy (non-hydrogen) atoms. The van der Waals surface area contributed by atoms with Crippen LogP contribution in [0.4, 0.5) is 10.2 Å². The van der Waals surface area contributed by atoms with Crippen LogP contribution in [0.15, 0.2) is 30.7 Å². The maximum absolute atomic E-state index is 13.5. The van der Waals surface area contributed by atoms with Crippen LogP contribution in [-0.2, 0) is 4.79 Å². The second-order valence-electron chi connectivity index (χ2n) is 6.08. The molecule has 0 aromatic carbocycles. The Bertz CT molecular complexity index is 949. The number of pyridine rings is 1. The van der Waals surface area contributed by atoms with Crippen molar-refractivity contribution >= 4 is 22.8 Å². The first-order valence-electron chi connectivity index (χ1n) is 8.14. The molecule has 3 N–H and O–H groups in total. The van der Waals surface area contributed by atoms with Crippen LogP contribution in [0, 0.1) is 5.82 Å². The standard InChI is InChI=1S/C17H17FN6O/c1-2-19-16(25)17(4-5-17)24-13-3-6-20-15(23-13)12-9-22-14-11(12)7-10(18)8-21-14/h3,6-9H,2,4-5H2,1H3,(H,19,25)(H,21,22)(H,20,23,24). The molecular formula is C17H17FN6O. The Kier molecular flexibility index (Phi) is 3.60. The summed E-state index contributed by atoms with van der Waals surface area (Å²) in [5, 5.41) is 6.67. The molecule has 0 bridgehead atoms. The highest BCUT2D eigenvalue weighted by atomic mass is 19.1. The maximum Gasteiger partial charge on any atom is 0.245 e. The maximum atomic E-state index is 13.5. The predicted molar refractivity (Wildman–Crippen MR) is 91.3 cm³/mol. The van der Waals surface area contributed by atoms with E-state index in [1.54, 1.807) is 18.5 Å². The Morgan fingerprint density at radius 2 is 2.24 bits per heavy atom. The Morgan fingerprint density at radius 3 is 3.00 bits per heavy atom. The Labute approximate surface area is 143 Å². The van der Waals surface area contributed by atoms with E-state index >= 15 is 0 Å². The van der Waals surface area contributed by atoms with Crippen LogP contribution in [0.25, 0.3) is 22.4 Å². The van der Waals surface area contributed by atoms with Crippen molar-refractivity contribution in [3.05, 3.63) is 36.5 Å². The average Bonchev–Trinajstić information content (AvgIpc) is 3.27. The highest BCUT2D eigenvalue weighted by molar-refractivity contribution is 5.93. The van der Waals surface area contributed by atoms with Gasteiger partial charge in [0.2, 0.25) is 5.91 Å². The number of hydrogen-bond acceptors (Lipinski definition) is 5. The number of rotatable bonds is 5. The summed E-state index contributed by atoms with van der Waals surface area (Å²) in [6.07, 6.45) is 6.00. The van der Waals surface area contributed by atoms with Crippen molar-refractivity contribution in [2.75, 3.05) is 11.9 Å². The molecule has 3 aromatic heterocycles. The minimum absolute atomic E-state index is 0.0199. The normalized spacial score (nSPS) is 15.1. The first kappa shape index (κ1) is 15.5. The van der Waals surface area contributed by atoms with Gasteiger partial charge in [-0.2, -0.15) is 0 Å². The van der Waals surface area contributed by atoms with Crippen molar-refractivity contribution in [3.63, 3.8) is 0 Å². The van der Waals surface area contributed by atoms with Gasteiger partial charge in [0.25, 0.3) is 0 Å². The van der Waals surface area contributed by atoms with Crippen molar-refractivity contribution in [3.8, 4) is 11.4 Å². The van der Waals surface area contributed by atoms with Gasteiger partial charge in [0.1, 0.15) is 22.8 Å². The number of carbonyl (C=O) groups is 1. The number of hydrogen-bond donors (Lipinski definition) is 3. The molecule has 8 heteroatoms. The van der Waals surface area contributed by atoms with E-state index in [1.807, 2.05) is 6.92 Å². The zero-order chi connectivity index (χ0) is 17.4. The number of fused-ring (bicyclic) bond motifs is 1. The zero-order valence-electron chi connectivity index (χ0n) is 13.6. The molecule has 0 saturated heterocycles. The van der Waals surface area contributed by atoms with Gasteiger partial charge >= 0.3 is 0 Å². The number of likely N-dealkylation sites (N-methyl/N-ethyl adjacent to an activating group) is 1. The molecule has 128 valence electrons. The van der Waals surface area contributed by atoms with Crippen LogP contribution in [0.3, 0.4) is 0 Å². The number of amides is 1. The largest absolute Gasteiger partial charge is 0.356 e. The summed E-state index contributed by atoms with van der Waals surface area (Å²) in [6, 6.07) is 3.12. The smallest absolute Gasteiger partial charge is 0.245 e. The molecule has 1 fully saturated rings. The molecule has 0 aliphatic heterocycles. The summed E-state index contributed by atoms with van der Waals surface area (Å²) in [5.74, 6) is 0.562. The van der Waals surface area contributed by atoms with E-state index in [2.05, 4.69) is 30.6 Å². The van der Waals surface area contributed by atoms with E-state index in [1.165, 1.54) is 6.07 Å². The number of halogens is 1. The summed E-state index contributed by atoms with van der Waals surface area (Å²) in [7, 11) is 0. The molecule has 1 amide bonds. The van der Waals surface area contributed by atoms with E-state index in [4.69, 9.17) is 0 Å². The molecule has 0 unspecified atom stereocenters. The fourth-order valence-corrected chi connectivity index (χ4v) is 2.83. The van der Waals surface area contributed by atoms with Gasteiger partial charge in [-0.25, -0.2) is 19.3 Å². The zero-order valence-corrected chi connectivity index (χ0v) is 13.6. The molecule has 1 saturated carbocycles. The molecule has 0 radical (unpaired) electrons. The number of H-pyrrole nitrogens is 1. The number of anilines is 1. The lowest BCUT2D eigenvalue weighted by molar-refractivity contribution is -0.122. The van der Waals surface area contributed by atoms with Crippen molar-refractivity contribution in [2.45, 2.75) is 25.3 Å². The van der Waals surface area contributed by atoms with Crippen molar-refractivity contribution in [2.24, 2.45) is 0 Å². The molecule has 0 spiro atoms. The third-order valence-electron chi connectivity index (χ3n) is 4.28. The van der Waals surface area contributed by atoms with Gasteiger partial charge in [-0.15, -0.1) is 0 Å². The number of nitrogens with zero attached hydrogens (tertiary/aromatic N) is 3. The molecule has 3 aromatic rings. The van der Waals surface area contributed by atoms with Gasteiger partial charge in [-0.3, -0.25) is 4.79 Å². The molecular weight excluding hydrogens is 323 g/mol. The van der Waals surface area contributed by atoms with Crippen LogP contribution in [0.2, 0.25) is 0 Å². The molecule has 1 aliphatic carbocycles. The van der Waals surface area contributed by atoms with Gasteiger partial charge < -0.3 is 15.6 Å². The first-order valence-corrected chi connectivity index (χ1v) is 8.14. The van der Waals surface area contributed by atoms with Crippen LogP contribution < -0.4 is 10.6 Å². The Morgan fingerprint density at radius 1 is 1.40 bits per heavy atom. The predicted octanol–water partition coefficient (Wildman–Crippen LogP) is 2.24. The van der Waals surface area contributed by atoms with Gasteiger partial charge in [0.15, 0.2) is 5.82 Å². The molecule has 7 nitrogen and oxygen atoms in total. The fourth-order valence-electron chi connectivity index (χ4n) is 2.83. The third kappa shape index (κ3) is 2.79. The van der Waals surface area contributed by atoms with E-state index in [0.717, 1.165) is 19.0 Å². The first-order chi connectivity index (χ1) is 12.1. The van der Waals surface area contributed by atoms with Gasteiger partial charge in [0.05, 0.1) is 6.20 Å². The Hall–Kier alpha value is -3.03. The SMILES string of the molecule is CCNC(=O)C1(Nc2ccnc(-c3c[nH]c4ncc(F)cc34)n2)CC1. The molecule has 1 aliphatic rings. The summed E-state index contributed by atoms with van der Waals surface area (Å²) < 4.78 is 13.5. The third-order valence-corrected chi connectivity index (χ3v) is 4.28. The lowest BCUT2D eigenvalue weighted by Gasteiger charge is -2.17. The highest BCUT2D eigenvalue weighted by Gasteiger charge is 2.50. The highest BCUT2D eigenvalue weighted by Crippen LogP contribution is 2.39. The Balaban J connectivity index is 1.66. The van der Waals surface area contributed by atoms with E-state index in [-0.39, 0.29) is 5.91 Å². The molecule has 3 heterocycles. The van der Waals surface area contributed by atoms with Crippen LogP contribution in [0.5, 0.6) is 0 Å². The quantitative estimate of drug-likeness (QED) is 0.662. The van der Waals surface area contributed by atoms with Gasteiger partial charge in [-0.05, 0) is 31.9 Å². The summed E-state index contributed by atoms with van der Waals surface area (Å²) in [6.45, 7) is 2.48. The van der Waals surface area contributed by atoms with Gasteiger partial charge in [-0.1, -0.05) is 0 Å². The van der Waals surface area contributed by atoms with E-state index in [9.17, 15) is 9.18 Å². The second-order valence-corrected chi connectivity index (χ2v) is 6.08.